The number of rotatable bonds is 4. The molecule has 1 fully saturated rings. The Morgan fingerprint density at radius 2 is 2.29 bits per heavy atom. The van der Waals surface area contributed by atoms with E-state index in [4.69, 9.17) is 5.73 Å². The van der Waals surface area contributed by atoms with Gasteiger partial charge in [0.1, 0.15) is 0 Å². The van der Waals surface area contributed by atoms with Crippen molar-refractivity contribution in [3.8, 4) is 0 Å². The van der Waals surface area contributed by atoms with Gasteiger partial charge in [0.25, 0.3) is 0 Å². The lowest BCUT2D eigenvalue weighted by molar-refractivity contribution is 0.767. The van der Waals surface area contributed by atoms with Gasteiger partial charge < -0.3 is 11.1 Å². The number of thioether (sulfide) groups is 1. The fourth-order valence-electron chi connectivity index (χ4n) is 2.35. The minimum atomic E-state index is 0.622. The Balaban J connectivity index is 2.04. The van der Waals surface area contributed by atoms with Crippen molar-refractivity contribution >= 4 is 45.7 Å². The Bertz CT molecular complexity index is 384. The molecule has 0 aromatic heterocycles. The van der Waals surface area contributed by atoms with Gasteiger partial charge in [-0.15, -0.1) is 0 Å². The summed E-state index contributed by atoms with van der Waals surface area (Å²) in [6.07, 6.45) is 3.99. The van der Waals surface area contributed by atoms with Gasteiger partial charge in [-0.2, -0.15) is 11.8 Å². The number of nitrogen functional groups attached to an aromatic ring is 1. The fourth-order valence-corrected chi connectivity index (χ4v) is 4.25. The molecule has 0 amide bonds. The van der Waals surface area contributed by atoms with Crippen molar-refractivity contribution in [3.63, 3.8) is 0 Å². The molecule has 1 saturated carbocycles. The molecule has 0 saturated heterocycles. The highest BCUT2D eigenvalue weighted by molar-refractivity contribution is 14.1. The number of hydrogen-bond donors (Lipinski definition) is 2. The third kappa shape index (κ3) is 3.44. The Morgan fingerprint density at radius 1 is 1.47 bits per heavy atom. The first-order chi connectivity index (χ1) is 8.20. The van der Waals surface area contributed by atoms with Crippen LogP contribution in [-0.4, -0.2) is 17.0 Å². The van der Waals surface area contributed by atoms with E-state index in [2.05, 4.69) is 52.7 Å². The number of nitrogens with two attached hydrogens (primary N) is 1. The van der Waals surface area contributed by atoms with Gasteiger partial charge in [0.05, 0.1) is 0 Å². The lowest BCUT2D eigenvalue weighted by atomic mass is 10.2. The molecule has 4 heteroatoms. The molecule has 1 aromatic rings. The summed E-state index contributed by atoms with van der Waals surface area (Å²) in [6, 6.07) is 6.72. The van der Waals surface area contributed by atoms with Crippen LogP contribution in [0.2, 0.25) is 0 Å². The minimum Gasteiger partial charge on any atom is -0.399 e. The molecule has 0 heterocycles. The maximum atomic E-state index is 5.77. The summed E-state index contributed by atoms with van der Waals surface area (Å²) in [5, 5.41) is 4.46. The average molecular weight is 362 g/mol. The van der Waals surface area contributed by atoms with Crippen LogP contribution in [0.1, 0.15) is 26.2 Å². The van der Waals surface area contributed by atoms with E-state index in [0.717, 1.165) is 10.9 Å². The van der Waals surface area contributed by atoms with Crippen LogP contribution < -0.4 is 11.1 Å². The van der Waals surface area contributed by atoms with E-state index in [1.165, 1.54) is 34.3 Å². The molecular weight excluding hydrogens is 343 g/mol. The number of anilines is 2. The second-order valence-electron chi connectivity index (χ2n) is 4.41. The van der Waals surface area contributed by atoms with Gasteiger partial charge in [-0.1, -0.05) is 13.3 Å². The lowest BCUT2D eigenvalue weighted by Gasteiger charge is -2.22. The molecule has 2 rings (SSSR count). The first-order valence-corrected chi connectivity index (χ1v) is 8.26. The van der Waals surface area contributed by atoms with Crippen molar-refractivity contribution in [1.29, 1.82) is 0 Å². The summed E-state index contributed by atoms with van der Waals surface area (Å²) < 4.78 is 1.22. The number of nitrogens with one attached hydrogen (secondary N) is 1. The Labute approximate surface area is 121 Å². The van der Waals surface area contributed by atoms with Gasteiger partial charge in [-0.3, -0.25) is 0 Å². The lowest BCUT2D eigenvalue weighted by Crippen LogP contribution is -2.26. The van der Waals surface area contributed by atoms with Crippen LogP contribution >= 0.6 is 34.4 Å². The first kappa shape index (κ1) is 13.3. The second kappa shape index (κ2) is 6.18. The van der Waals surface area contributed by atoms with Crippen molar-refractivity contribution < 1.29 is 0 Å². The van der Waals surface area contributed by atoms with Crippen molar-refractivity contribution in [2.75, 3.05) is 16.8 Å². The SMILES string of the molecule is CCSC1CCCC1Nc1ccc(N)cc1I. The predicted octanol–water partition coefficient (Wildman–Crippen LogP) is 3.96. The van der Waals surface area contributed by atoms with Crippen molar-refractivity contribution in [1.82, 2.24) is 0 Å². The van der Waals surface area contributed by atoms with Gasteiger partial charge in [-0.05, 0) is 59.4 Å². The summed E-state index contributed by atoms with van der Waals surface area (Å²) in [5.41, 5.74) is 7.84. The third-order valence-electron chi connectivity index (χ3n) is 3.17. The highest BCUT2D eigenvalue weighted by atomic mass is 127. The van der Waals surface area contributed by atoms with Crippen molar-refractivity contribution in [2.45, 2.75) is 37.5 Å². The maximum absolute atomic E-state index is 5.77. The Hall–Kier alpha value is -0.100. The molecule has 0 aliphatic heterocycles. The van der Waals surface area contributed by atoms with E-state index in [1.54, 1.807) is 0 Å². The Kier molecular flexibility index (Phi) is 4.85. The number of benzene rings is 1. The molecule has 17 heavy (non-hydrogen) atoms. The molecule has 3 N–H and O–H groups in total. The zero-order valence-electron chi connectivity index (χ0n) is 10.1. The molecule has 1 aliphatic rings. The third-order valence-corrected chi connectivity index (χ3v) is 5.39. The predicted molar refractivity (Wildman–Crippen MR) is 86.8 cm³/mol. The zero-order valence-corrected chi connectivity index (χ0v) is 13.1. The average Bonchev–Trinajstić information content (AvgIpc) is 2.71. The van der Waals surface area contributed by atoms with Crippen LogP contribution in [0.15, 0.2) is 18.2 Å². The number of halogens is 1. The summed E-state index contributed by atoms with van der Waals surface area (Å²) >= 11 is 4.44. The second-order valence-corrected chi connectivity index (χ2v) is 7.09. The fraction of sp³-hybridized carbons (Fsp3) is 0.538. The van der Waals surface area contributed by atoms with E-state index in [9.17, 15) is 0 Å². The summed E-state index contributed by atoms with van der Waals surface area (Å²) in [4.78, 5) is 0. The largest absolute Gasteiger partial charge is 0.399 e. The van der Waals surface area contributed by atoms with E-state index in [1.807, 2.05) is 12.1 Å². The monoisotopic (exact) mass is 362 g/mol. The van der Waals surface area contributed by atoms with Gasteiger partial charge in [-0.25, -0.2) is 0 Å². The first-order valence-electron chi connectivity index (χ1n) is 6.14. The molecule has 0 spiro atoms. The van der Waals surface area contributed by atoms with Crippen LogP contribution in [0, 0.1) is 3.57 Å². The van der Waals surface area contributed by atoms with Gasteiger partial charge >= 0.3 is 0 Å². The molecule has 2 unspecified atom stereocenters. The standard InChI is InChI=1S/C13H19IN2S/c1-2-17-13-5-3-4-12(13)16-11-7-6-9(15)8-10(11)14/h6-8,12-13,16H,2-5,15H2,1H3. The molecule has 2 nitrogen and oxygen atoms in total. The molecule has 1 aromatic carbocycles. The smallest absolute Gasteiger partial charge is 0.0479 e. The molecule has 94 valence electrons. The van der Waals surface area contributed by atoms with Crippen molar-refractivity contribution in [3.05, 3.63) is 21.8 Å². The van der Waals surface area contributed by atoms with E-state index >= 15 is 0 Å². The van der Waals surface area contributed by atoms with Crippen LogP contribution in [0.3, 0.4) is 0 Å². The van der Waals surface area contributed by atoms with Crippen LogP contribution in [0.5, 0.6) is 0 Å². The van der Waals surface area contributed by atoms with Crippen LogP contribution in [0.25, 0.3) is 0 Å². The molecule has 0 bridgehead atoms. The van der Waals surface area contributed by atoms with E-state index in [0.29, 0.717) is 6.04 Å². The highest BCUT2D eigenvalue weighted by Gasteiger charge is 2.27. The zero-order chi connectivity index (χ0) is 12.3. The minimum absolute atomic E-state index is 0.622. The van der Waals surface area contributed by atoms with E-state index < -0.39 is 0 Å². The van der Waals surface area contributed by atoms with Crippen molar-refractivity contribution in [2.24, 2.45) is 0 Å². The molecule has 1 aliphatic carbocycles. The topological polar surface area (TPSA) is 38.0 Å². The molecule has 2 atom stereocenters. The van der Waals surface area contributed by atoms with Crippen LogP contribution in [0.4, 0.5) is 11.4 Å². The molecular formula is C13H19IN2S. The van der Waals surface area contributed by atoms with Gasteiger partial charge in [0.15, 0.2) is 0 Å². The molecule has 0 radical (unpaired) electrons. The summed E-state index contributed by atoms with van der Waals surface area (Å²) in [6.45, 7) is 2.24. The van der Waals surface area contributed by atoms with Gasteiger partial charge in [0.2, 0.25) is 0 Å². The summed E-state index contributed by atoms with van der Waals surface area (Å²) in [5.74, 6) is 1.21. The normalized spacial score (nSPS) is 23.9. The van der Waals surface area contributed by atoms with E-state index in [-0.39, 0.29) is 0 Å². The van der Waals surface area contributed by atoms with Crippen LogP contribution in [-0.2, 0) is 0 Å². The highest BCUT2D eigenvalue weighted by Crippen LogP contribution is 2.33. The Morgan fingerprint density at radius 3 is 3.00 bits per heavy atom. The maximum Gasteiger partial charge on any atom is 0.0479 e. The number of hydrogen-bond acceptors (Lipinski definition) is 3. The van der Waals surface area contributed by atoms with Gasteiger partial charge in [0, 0.05) is 26.2 Å². The summed E-state index contributed by atoms with van der Waals surface area (Å²) in [7, 11) is 0. The quantitative estimate of drug-likeness (QED) is 0.629.